The molecule has 0 aliphatic rings. The highest BCUT2D eigenvalue weighted by molar-refractivity contribution is 6.30. The zero-order chi connectivity index (χ0) is 16.9. The standard InChI is InChI=1S/C17H18ClN5O/c1-21(17(24)6-9-22-13-15(18)11-20-22)12-14-4-2-5-16(10-14)23-8-3-7-19-23/h2-5,7-8,10-11,13H,6,9,12H2,1H3. The Morgan fingerprint density at radius 3 is 2.88 bits per heavy atom. The van der Waals surface area contributed by atoms with Crippen LogP contribution in [0.4, 0.5) is 0 Å². The van der Waals surface area contributed by atoms with Gasteiger partial charge in [-0.1, -0.05) is 23.7 Å². The second-order valence-electron chi connectivity index (χ2n) is 5.54. The summed E-state index contributed by atoms with van der Waals surface area (Å²) in [6.45, 7) is 1.07. The Morgan fingerprint density at radius 1 is 1.29 bits per heavy atom. The maximum absolute atomic E-state index is 12.3. The molecule has 6 nitrogen and oxygen atoms in total. The lowest BCUT2D eigenvalue weighted by Gasteiger charge is -2.18. The highest BCUT2D eigenvalue weighted by Gasteiger charge is 2.10. The second kappa shape index (κ2) is 7.31. The van der Waals surface area contributed by atoms with Crippen LogP contribution in [-0.4, -0.2) is 37.4 Å². The SMILES string of the molecule is CN(Cc1cccc(-n2cccn2)c1)C(=O)CCn1cc(Cl)cn1. The number of hydrogen-bond donors (Lipinski definition) is 0. The van der Waals surface area contributed by atoms with Crippen LogP contribution in [0.3, 0.4) is 0 Å². The monoisotopic (exact) mass is 343 g/mol. The maximum Gasteiger partial charge on any atom is 0.224 e. The van der Waals surface area contributed by atoms with Crippen molar-refractivity contribution >= 4 is 17.5 Å². The highest BCUT2D eigenvalue weighted by Crippen LogP contribution is 2.12. The van der Waals surface area contributed by atoms with Crippen LogP contribution in [-0.2, 0) is 17.9 Å². The van der Waals surface area contributed by atoms with Gasteiger partial charge in [0.2, 0.25) is 5.91 Å². The number of rotatable bonds is 6. The molecule has 2 aromatic heterocycles. The van der Waals surface area contributed by atoms with Crippen molar-refractivity contribution in [2.24, 2.45) is 0 Å². The summed E-state index contributed by atoms with van der Waals surface area (Å²) in [6.07, 6.45) is 7.29. The number of benzene rings is 1. The van der Waals surface area contributed by atoms with Gasteiger partial charge in [0.25, 0.3) is 0 Å². The van der Waals surface area contributed by atoms with E-state index in [9.17, 15) is 4.79 Å². The molecule has 24 heavy (non-hydrogen) atoms. The second-order valence-corrected chi connectivity index (χ2v) is 5.98. The van der Waals surface area contributed by atoms with Gasteiger partial charge in [0, 0.05) is 45.1 Å². The normalized spacial score (nSPS) is 10.8. The third-order valence-corrected chi connectivity index (χ3v) is 3.88. The molecule has 0 radical (unpaired) electrons. The fraction of sp³-hybridized carbons (Fsp3) is 0.235. The molecule has 3 rings (SSSR count). The van der Waals surface area contributed by atoms with Crippen LogP contribution in [0.1, 0.15) is 12.0 Å². The maximum atomic E-state index is 12.3. The summed E-state index contributed by atoms with van der Waals surface area (Å²) in [7, 11) is 1.80. The van der Waals surface area contributed by atoms with Gasteiger partial charge in [0.15, 0.2) is 0 Å². The van der Waals surface area contributed by atoms with Crippen LogP contribution in [0.25, 0.3) is 5.69 Å². The molecule has 3 aromatic rings. The zero-order valence-electron chi connectivity index (χ0n) is 13.3. The Morgan fingerprint density at radius 2 is 2.17 bits per heavy atom. The topological polar surface area (TPSA) is 56.0 Å². The van der Waals surface area contributed by atoms with Crippen LogP contribution >= 0.6 is 11.6 Å². The van der Waals surface area contributed by atoms with Crippen molar-refractivity contribution in [2.45, 2.75) is 19.5 Å². The van der Waals surface area contributed by atoms with Crippen LogP contribution in [0.5, 0.6) is 0 Å². The molecule has 1 amide bonds. The van der Waals surface area contributed by atoms with E-state index in [1.54, 1.807) is 39.9 Å². The van der Waals surface area contributed by atoms with Gasteiger partial charge in [0.1, 0.15) is 0 Å². The smallest absolute Gasteiger partial charge is 0.224 e. The first-order chi connectivity index (χ1) is 11.6. The van der Waals surface area contributed by atoms with Gasteiger partial charge in [-0.3, -0.25) is 9.48 Å². The van der Waals surface area contributed by atoms with Gasteiger partial charge in [-0.2, -0.15) is 10.2 Å². The predicted molar refractivity (Wildman–Crippen MR) is 91.9 cm³/mol. The Kier molecular flexibility index (Phi) is 4.96. The molecule has 0 spiro atoms. The van der Waals surface area contributed by atoms with E-state index < -0.39 is 0 Å². The number of aromatic nitrogens is 4. The number of carbonyl (C=O) groups is 1. The molecule has 0 bridgehead atoms. The molecule has 7 heteroatoms. The minimum Gasteiger partial charge on any atom is -0.341 e. The molecule has 2 heterocycles. The average Bonchev–Trinajstić information content (AvgIpc) is 3.24. The van der Waals surface area contributed by atoms with Gasteiger partial charge in [-0.15, -0.1) is 0 Å². The number of halogens is 1. The third kappa shape index (κ3) is 4.02. The van der Waals surface area contributed by atoms with E-state index in [1.165, 1.54) is 0 Å². The minimum absolute atomic E-state index is 0.0612. The highest BCUT2D eigenvalue weighted by atomic mass is 35.5. The molecule has 0 fully saturated rings. The van der Waals surface area contributed by atoms with Crippen molar-refractivity contribution in [3.05, 3.63) is 65.7 Å². The fourth-order valence-electron chi connectivity index (χ4n) is 2.44. The van der Waals surface area contributed by atoms with Crippen molar-refractivity contribution in [2.75, 3.05) is 7.05 Å². The molecule has 1 aromatic carbocycles. The first kappa shape index (κ1) is 16.3. The summed E-state index contributed by atoms with van der Waals surface area (Å²) >= 11 is 5.82. The summed E-state index contributed by atoms with van der Waals surface area (Å²) in [5.74, 6) is 0.0612. The van der Waals surface area contributed by atoms with E-state index in [0.717, 1.165) is 11.3 Å². The first-order valence-electron chi connectivity index (χ1n) is 7.63. The van der Waals surface area contributed by atoms with E-state index in [0.29, 0.717) is 24.5 Å². The van der Waals surface area contributed by atoms with Crippen molar-refractivity contribution in [3.8, 4) is 5.69 Å². The Bertz CT molecular complexity index is 812. The average molecular weight is 344 g/mol. The molecule has 0 N–H and O–H groups in total. The predicted octanol–water partition coefficient (Wildman–Crippen LogP) is 2.77. The minimum atomic E-state index is 0.0612. The molecular weight excluding hydrogens is 326 g/mol. The summed E-state index contributed by atoms with van der Waals surface area (Å²) in [6, 6.07) is 9.87. The Hall–Kier alpha value is -2.60. The van der Waals surface area contributed by atoms with Crippen LogP contribution in [0.15, 0.2) is 55.1 Å². The van der Waals surface area contributed by atoms with Gasteiger partial charge in [0.05, 0.1) is 16.9 Å². The first-order valence-corrected chi connectivity index (χ1v) is 8.00. The molecule has 0 aliphatic heterocycles. The number of amides is 1. The Labute approximate surface area is 145 Å². The number of aryl methyl sites for hydroxylation is 1. The molecular formula is C17H18ClN5O. The van der Waals surface area contributed by atoms with Crippen LogP contribution < -0.4 is 0 Å². The van der Waals surface area contributed by atoms with Gasteiger partial charge in [-0.05, 0) is 23.8 Å². The number of nitrogens with zero attached hydrogens (tertiary/aromatic N) is 5. The quantitative estimate of drug-likeness (QED) is 0.691. The lowest BCUT2D eigenvalue weighted by Crippen LogP contribution is -2.27. The van der Waals surface area contributed by atoms with E-state index in [1.807, 2.05) is 36.5 Å². The summed E-state index contributed by atoms with van der Waals surface area (Å²) in [4.78, 5) is 14.0. The molecule has 0 saturated carbocycles. The molecule has 0 saturated heterocycles. The van der Waals surface area contributed by atoms with E-state index in [-0.39, 0.29) is 5.91 Å². The molecule has 0 aliphatic carbocycles. The van der Waals surface area contributed by atoms with Crippen molar-refractivity contribution < 1.29 is 4.79 Å². The van der Waals surface area contributed by atoms with E-state index >= 15 is 0 Å². The largest absolute Gasteiger partial charge is 0.341 e. The zero-order valence-corrected chi connectivity index (χ0v) is 14.1. The number of hydrogen-bond acceptors (Lipinski definition) is 3. The molecule has 0 atom stereocenters. The van der Waals surface area contributed by atoms with Crippen molar-refractivity contribution in [3.63, 3.8) is 0 Å². The number of carbonyl (C=O) groups excluding carboxylic acids is 1. The van der Waals surface area contributed by atoms with Gasteiger partial charge >= 0.3 is 0 Å². The summed E-state index contributed by atoms with van der Waals surface area (Å²) in [5.41, 5.74) is 2.03. The van der Waals surface area contributed by atoms with Crippen molar-refractivity contribution in [1.82, 2.24) is 24.5 Å². The fourth-order valence-corrected chi connectivity index (χ4v) is 2.60. The van der Waals surface area contributed by atoms with Crippen molar-refractivity contribution in [1.29, 1.82) is 0 Å². The van der Waals surface area contributed by atoms with E-state index in [2.05, 4.69) is 10.2 Å². The third-order valence-electron chi connectivity index (χ3n) is 3.68. The lowest BCUT2D eigenvalue weighted by molar-refractivity contribution is -0.130. The summed E-state index contributed by atoms with van der Waals surface area (Å²) < 4.78 is 3.47. The van der Waals surface area contributed by atoms with Gasteiger partial charge < -0.3 is 4.90 Å². The summed E-state index contributed by atoms with van der Waals surface area (Å²) in [5, 5.41) is 8.87. The Balaban J connectivity index is 1.58. The van der Waals surface area contributed by atoms with Crippen LogP contribution in [0, 0.1) is 0 Å². The lowest BCUT2D eigenvalue weighted by atomic mass is 10.2. The van der Waals surface area contributed by atoms with Crippen LogP contribution in [0.2, 0.25) is 5.02 Å². The molecule has 0 unspecified atom stereocenters. The van der Waals surface area contributed by atoms with E-state index in [4.69, 9.17) is 11.6 Å². The van der Waals surface area contributed by atoms with Gasteiger partial charge in [-0.25, -0.2) is 4.68 Å². The molecule has 124 valence electrons.